The number of rotatable bonds is 3. The molecule has 2 heterocycles. The highest BCUT2D eigenvalue weighted by Gasteiger charge is 2.10. The average molecular weight is 237 g/mol. The summed E-state index contributed by atoms with van der Waals surface area (Å²) in [6, 6.07) is 1.92. The number of tetrazole rings is 1. The molecule has 84 valence electrons. The molecule has 0 N–H and O–H groups in total. The van der Waals surface area contributed by atoms with Crippen molar-refractivity contribution in [2.24, 2.45) is 0 Å². The molecule has 6 nitrogen and oxygen atoms in total. The fourth-order valence-corrected chi connectivity index (χ4v) is 1.71. The molecule has 2 aromatic rings. The second-order valence-corrected chi connectivity index (χ2v) is 4.22. The van der Waals surface area contributed by atoms with E-state index in [1.165, 1.54) is 9.70 Å². The Balaban J connectivity index is 2.11. The van der Waals surface area contributed by atoms with Crippen molar-refractivity contribution < 1.29 is 4.79 Å². The number of thiophene rings is 1. The Morgan fingerprint density at radius 3 is 3.00 bits per heavy atom. The van der Waals surface area contributed by atoms with Crippen LogP contribution >= 0.6 is 11.3 Å². The number of carbonyl (C=O) groups excluding carboxylic acids is 1. The van der Waals surface area contributed by atoms with E-state index in [1.807, 2.05) is 16.8 Å². The third kappa shape index (κ3) is 2.25. The number of nitrogens with zero attached hydrogens (tertiary/aromatic N) is 5. The number of likely N-dealkylation sites (N-methyl/N-ethyl adjacent to an activating group) is 1. The monoisotopic (exact) mass is 237 g/mol. The van der Waals surface area contributed by atoms with Crippen molar-refractivity contribution in [1.82, 2.24) is 25.1 Å². The van der Waals surface area contributed by atoms with Gasteiger partial charge in [0.25, 0.3) is 0 Å². The van der Waals surface area contributed by atoms with Crippen LogP contribution in [-0.2, 0) is 11.3 Å². The molecule has 0 aliphatic rings. The van der Waals surface area contributed by atoms with Crippen molar-refractivity contribution in [2.45, 2.75) is 6.54 Å². The topological polar surface area (TPSA) is 63.9 Å². The average Bonchev–Trinajstić information content (AvgIpc) is 2.85. The molecule has 0 aliphatic heterocycles. The maximum absolute atomic E-state index is 11.4. The Morgan fingerprint density at radius 1 is 1.56 bits per heavy atom. The summed E-state index contributed by atoms with van der Waals surface area (Å²) in [5, 5.41) is 15.7. The van der Waals surface area contributed by atoms with Crippen molar-refractivity contribution in [3.63, 3.8) is 0 Å². The molecule has 1 amide bonds. The standard InChI is InChI=1S/C9H11N5OS/c1-13(2)8(15)5-14-11-9(10-12-14)7-3-4-16-6-7/h3-4,6H,5H2,1-2H3. The Hall–Kier alpha value is -1.76. The summed E-state index contributed by atoms with van der Waals surface area (Å²) >= 11 is 1.57. The van der Waals surface area contributed by atoms with Gasteiger partial charge >= 0.3 is 0 Å². The molecular weight excluding hydrogens is 226 g/mol. The number of carbonyl (C=O) groups is 1. The van der Waals surface area contributed by atoms with Gasteiger partial charge in [0, 0.05) is 25.0 Å². The van der Waals surface area contributed by atoms with E-state index in [4.69, 9.17) is 0 Å². The maximum atomic E-state index is 11.4. The first-order valence-corrected chi connectivity index (χ1v) is 5.61. The third-order valence-corrected chi connectivity index (χ3v) is 2.69. The van der Waals surface area contributed by atoms with E-state index in [-0.39, 0.29) is 12.5 Å². The van der Waals surface area contributed by atoms with Gasteiger partial charge < -0.3 is 4.90 Å². The van der Waals surface area contributed by atoms with E-state index in [0.717, 1.165) is 5.56 Å². The smallest absolute Gasteiger partial charge is 0.245 e. The predicted molar refractivity (Wildman–Crippen MR) is 59.8 cm³/mol. The molecule has 0 spiro atoms. The highest BCUT2D eigenvalue weighted by molar-refractivity contribution is 7.08. The third-order valence-electron chi connectivity index (χ3n) is 2.01. The van der Waals surface area contributed by atoms with Gasteiger partial charge in [-0.2, -0.15) is 16.1 Å². The molecule has 0 saturated heterocycles. The van der Waals surface area contributed by atoms with Crippen LogP contribution in [0.2, 0.25) is 0 Å². The number of amides is 1. The van der Waals surface area contributed by atoms with E-state index in [0.29, 0.717) is 5.82 Å². The number of hydrogen-bond donors (Lipinski definition) is 0. The molecule has 2 rings (SSSR count). The van der Waals surface area contributed by atoms with E-state index >= 15 is 0 Å². The van der Waals surface area contributed by atoms with Crippen molar-refractivity contribution in [2.75, 3.05) is 14.1 Å². The van der Waals surface area contributed by atoms with Gasteiger partial charge in [-0.05, 0) is 16.7 Å². The molecule has 0 unspecified atom stereocenters. The van der Waals surface area contributed by atoms with Crippen molar-refractivity contribution >= 4 is 17.2 Å². The van der Waals surface area contributed by atoms with Crippen LogP contribution in [0, 0.1) is 0 Å². The van der Waals surface area contributed by atoms with Crippen LogP contribution in [-0.4, -0.2) is 45.1 Å². The molecule has 0 atom stereocenters. The van der Waals surface area contributed by atoms with Gasteiger partial charge in [0.15, 0.2) is 0 Å². The first kappa shape index (κ1) is 10.7. The number of hydrogen-bond acceptors (Lipinski definition) is 5. The van der Waals surface area contributed by atoms with Crippen molar-refractivity contribution in [3.05, 3.63) is 16.8 Å². The van der Waals surface area contributed by atoms with Gasteiger partial charge in [0.05, 0.1) is 0 Å². The molecule has 0 fully saturated rings. The summed E-state index contributed by atoms with van der Waals surface area (Å²) in [4.78, 5) is 14.2. The minimum absolute atomic E-state index is 0.0609. The first-order valence-electron chi connectivity index (χ1n) is 4.67. The van der Waals surface area contributed by atoms with E-state index in [2.05, 4.69) is 15.4 Å². The van der Waals surface area contributed by atoms with Crippen LogP contribution in [0.4, 0.5) is 0 Å². The summed E-state index contributed by atoms with van der Waals surface area (Å²) in [7, 11) is 3.39. The molecule has 0 radical (unpaired) electrons. The molecule has 0 saturated carbocycles. The van der Waals surface area contributed by atoms with Crippen LogP contribution in [0.1, 0.15) is 0 Å². The molecule has 0 aromatic carbocycles. The van der Waals surface area contributed by atoms with Gasteiger partial charge in [-0.25, -0.2) is 0 Å². The van der Waals surface area contributed by atoms with E-state index in [9.17, 15) is 4.79 Å². The fourth-order valence-electron chi connectivity index (χ4n) is 1.08. The van der Waals surface area contributed by atoms with Crippen molar-refractivity contribution in [1.29, 1.82) is 0 Å². The summed E-state index contributed by atoms with van der Waals surface area (Å²) < 4.78 is 0. The minimum atomic E-state index is -0.0609. The number of aromatic nitrogens is 4. The van der Waals surface area contributed by atoms with Crippen molar-refractivity contribution in [3.8, 4) is 11.4 Å². The van der Waals surface area contributed by atoms with Gasteiger partial charge in [0.2, 0.25) is 11.7 Å². The lowest BCUT2D eigenvalue weighted by molar-refractivity contribution is -0.129. The Kier molecular flexibility index (Phi) is 2.95. The summed E-state index contributed by atoms with van der Waals surface area (Å²) in [6.07, 6.45) is 0. The first-order chi connectivity index (χ1) is 7.66. The molecule has 2 aromatic heterocycles. The molecule has 0 bridgehead atoms. The molecule has 0 aliphatic carbocycles. The zero-order valence-electron chi connectivity index (χ0n) is 8.99. The van der Waals surface area contributed by atoms with Crippen LogP contribution < -0.4 is 0 Å². The van der Waals surface area contributed by atoms with Gasteiger partial charge in [-0.15, -0.1) is 10.2 Å². The lowest BCUT2D eigenvalue weighted by Crippen LogP contribution is -2.27. The Morgan fingerprint density at radius 2 is 2.38 bits per heavy atom. The molecular formula is C9H11N5OS. The molecule has 7 heteroatoms. The summed E-state index contributed by atoms with van der Waals surface area (Å²) in [5.41, 5.74) is 0.925. The largest absolute Gasteiger partial charge is 0.347 e. The predicted octanol–water partition coefficient (Wildman–Crippen LogP) is 0.490. The highest BCUT2D eigenvalue weighted by atomic mass is 32.1. The highest BCUT2D eigenvalue weighted by Crippen LogP contribution is 2.16. The van der Waals surface area contributed by atoms with Crippen LogP contribution in [0.15, 0.2) is 16.8 Å². The maximum Gasteiger partial charge on any atom is 0.245 e. The minimum Gasteiger partial charge on any atom is -0.347 e. The second-order valence-electron chi connectivity index (χ2n) is 3.44. The molecule has 16 heavy (non-hydrogen) atoms. The lowest BCUT2D eigenvalue weighted by atomic mass is 10.3. The SMILES string of the molecule is CN(C)C(=O)Cn1nnc(-c2ccsc2)n1. The van der Waals surface area contributed by atoms with Crippen LogP contribution in [0.25, 0.3) is 11.4 Å². The van der Waals surface area contributed by atoms with Crippen LogP contribution in [0.3, 0.4) is 0 Å². The van der Waals surface area contributed by atoms with Gasteiger partial charge in [-0.1, -0.05) is 0 Å². The van der Waals surface area contributed by atoms with E-state index < -0.39 is 0 Å². The van der Waals surface area contributed by atoms with Gasteiger partial charge in [-0.3, -0.25) is 4.79 Å². The zero-order valence-corrected chi connectivity index (χ0v) is 9.81. The van der Waals surface area contributed by atoms with Crippen LogP contribution in [0.5, 0.6) is 0 Å². The normalized spacial score (nSPS) is 10.4. The second kappa shape index (κ2) is 4.40. The van der Waals surface area contributed by atoms with E-state index in [1.54, 1.807) is 25.4 Å². The Labute approximate surface area is 96.5 Å². The summed E-state index contributed by atoms with van der Waals surface area (Å²) in [5.74, 6) is 0.488. The quantitative estimate of drug-likeness (QED) is 0.779. The summed E-state index contributed by atoms with van der Waals surface area (Å²) in [6.45, 7) is 0.115. The Bertz CT molecular complexity index is 476. The lowest BCUT2D eigenvalue weighted by Gasteiger charge is -2.07. The zero-order chi connectivity index (χ0) is 11.5. The fraction of sp³-hybridized carbons (Fsp3) is 0.333. The van der Waals surface area contributed by atoms with Gasteiger partial charge in [0.1, 0.15) is 6.54 Å².